The minimum Gasteiger partial charge on any atom is -0.392 e. The summed E-state index contributed by atoms with van der Waals surface area (Å²) in [5, 5.41) is 3.21. The zero-order valence-corrected chi connectivity index (χ0v) is 14.3. The van der Waals surface area contributed by atoms with E-state index in [-0.39, 0.29) is 5.91 Å². The summed E-state index contributed by atoms with van der Waals surface area (Å²) in [4.78, 5) is 13.2. The Kier molecular flexibility index (Phi) is 5.64. The third-order valence-electron chi connectivity index (χ3n) is 5.21. The second-order valence-corrected chi connectivity index (χ2v) is 7.43. The molecule has 0 bridgehead atoms. The summed E-state index contributed by atoms with van der Waals surface area (Å²) >= 11 is 5.26. The van der Waals surface area contributed by atoms with Crippen LogP contribution in [0.3, 0.4) is 0 Å². The van der Waals surface area contributed by atoms with Crippen molar-refractivity contribution in [3.8, 4) is 0 Å². The standard InChI is InChI=1S/C17H30N2OS/c1-3-9-17(10-4-2,15(18)21)16(20)19-11-14(12-5-6-12)13-7-8-13/h12-14H,3-11H2,1-2H3,(H2,18,21)(H,19,20). The molecule has 0 spiro atoms. The minimum absolute atomic E-state index is 0.0741. The van der Waals surface area contributed by atoms with E-state index in [1.807, 2.05) is 0 Å². The van der Waals surface area contributed by atoms with Gasteiger partial charge in [0, 0.05) is 6.54 Å². The van der Waals surface area contributed by atoms with Crippen molar-refractivity contribution in [1.29, 1.82) is 0 Å². The van der Waals surface area contributed by atoms with E-state index in [9.17, 15) is 4.79 Å². The summed E-state index contributed by atoms with van der Waals surface area (Å²) < 4.78 is 0. The van der Waals surface area contributed by atoms with E-state index in [4.69, 9.17) is 18.0 Å². The number of carbonyl (C=O) groups is 1. The lowest BCUT2D eigenvalue weighted by molar-refractivity contribution is -0.128. The fourth-order valence-corrected chi connectivity index (χ4v) is 4.01. The van der Waals surface area contributed by atoms with Crippen molar-refractivity contribution in [2.45, 2.75) is 65.2 Å². The van der Waals surface area contributed by atoms with Gasteiger partial charge in [0.05, 0.1) is 10.4 Å². The van der Waals surface area contributed by atoms with Gasteiger partial charge in [0.25, 0.3) is 0 Å². The van der Waals surface area contributed by atoms with Crippen LogP contribution in [0, 0.1) is 23.2 Å². The van der Waals surface area contributed by atoms with Crippen LogP contribution in [0.5, 0.6) is 0 Å². The highest BCUT2D eigenvalue weighted by Gasteiger charge is 2.43. The summed E-state index contributed by atoms with van der Waals surface area (Å²) in [6.07, 6.45) is 8.78. The van der Waals surface area contributed by atoms with Gasteiger partial charge in [-0.05, 0) is 56.3 Å². The van der Waals surface area contributed by atoms with E-state index in [1.165, 1.54) is 25.7 Å². The molecule has 0 aromatic heterocycles. The van der Waals surface area contributed by atoms with Gasteiger partial charge >= 0.3 is 0 Å². The maximum Gasteiger partial charge on any atom is 0.233 e. The minimum atomic E-state index is -0.628. The smallest absolute Gasteiger partial charge is 0.233 e. The van der Waals surface area contributed by atoms with Crippen LogP contribution in [-0.2, 0) is 4.79 Å². The molecule has 0 aliphatic heterocycles. The predicted molar refractivity (Wildman–Crippen MR) is 91.0 cm³/mol. The van der Waals surface area contributed by atoms with Crippen molar-refractivity contribution in [2.75, 3.05) is 6.54 Å². The number of amides is 1. The van der Waals surface area contributed by atoms with Gasteiger partial charge in [0.1, 0.15) is 0 Å². The Morgan fingerprint density at radius 2 is 1.67 bits per heavy atom. The first-order chi connectivity index (χ1) is 10.0. The molecule has 2 saturated carbocycles. The molecule has 3 nitrogen and oxygen atoms in total. The van der Waals surface area contributed by atoms with Gasteiger partial charge in [0.15, 0.2) is 0 Å². The molecule has 21 heavy (non-hydrogen) atoms. The van der Waals surface area contributed by atoms with Crippen LogP contribution < -0.4 is 11.1 Å². The first kappa shape index (κ1) is 16.7. The van der Waals surface area contributed by atoms with Crippen LogP contribution in [0.4, 0.5) is 0 Å². The van der Waals surface area contributed by atoms with Crippen molar-refractivity contribution in [3.63, 3.8) is 0 Å². The van der Waals surface area contributed by atoms with E-state index < -0.39 is 5.41 Å². The quantitative estimate of drug-likeness (QED) is 0.608. The monoisotopic (exact) mass is 310 g/mol. The van der Waals surface area contributed by atoms with E-state index >= 15 is 0 Å². The lowest BCUT2D eigenvalue weighted by Gasteiger charge is -2.32. The van der Waals surface area contributed by atoms with Crippen LogP contribution in [-0.4, -0.2) is 17.4 Å². The summed E-state index contributed by atoms with van der Waals surface area (Å²) in [6.45, 7) is 5.01. The Labute approximate surface area is 134 Å². The van der Waals surface area contributed by atoms with Gasteiger partial charge < -0.3 is 11.1 Å². The summed E-state index contributed by atoms with van der Waals surface area (Å²) in [5.41, 5.74) is 5.34. The third-order valence-corrected chi connectivity index (χ3v) is 5.60. The van der Waals surface area contributed by atoms with Crippen LogP contribution >= 0.6 is 12.2 Å². The molecule has 0 aromatic carbocycles. The molecule has 0 radical (unpaired) electrons. The number of hydrogen-bond acceptors (Lipinski definition) is 2. The molecular formula is C17H30N2OS. The molecule has 4 heteroatoms. The molecule has 0 saturated heterocycles. The maximum absolute atomic E-state index is 12.8. The van der Waals surface area contributed by atoms with E-state index in [0.717, 1.165) is 44.1 Å². The van der Waals surface area contributed by atoms with Crippen molar-refractivity contribution in [3.05, 3.63) is 0 Å². The van der Waals surface area contributed by atoms with E-state index in [1.54, 1.807) is 0 Å². The lowest BCUT2D eigenvalue weighted by atomic mass is 9.78. The predicted octanol–water partition coefficient (Wildman–Crippen LogP) is 3.41. The van der Waals surface area contributed by atoms with Crippen LogP contribution in [0.2, 0.25) is 0 Å². The van der Waals surface area contributed by atoms with Gasteiger partial charge in [-0.2, -0.15) is 0 Å². The number of nitrogens with one attached hydrogen (secondary N) is 1. The SMILES string of the molecule is CCCC(CCC)(C(=O)NCC(C1CC1)C1CC1)C(N)=S. The van der Waals surface area contributed by atoms with E-state index in [0.29, 0.717) is 10.9 Å². The van der Waals surface area contributed by atoms with E-state index in [2.05, 4.69) is 19.2 Å². The summed E-state index contributed by atoms with van der Waals surface area (Å²) in [5.74, 6) is 2.48. The molecule has 120 valence electrons. The molecule has 3 N–H and O–H groups in total. The van der Waals surface area contributed by atoms with Crippen molar-refractivity contribution in [1.82, 2.24) is 5.32 Å². The number of nitrogens with two attached hydrogens (primary N) is 1. The lowest BCUT2D eigenvalue weighted by Crippen LogP contribution is -2.50. The number of hydrogen-bond donors (Lipinski definition) is 2. The van der Waals surface area contributed by atoms with Crippen LogP contribution in [0.25, 0.3) is 0 Å². The molecule has 0 heterocycles. The Morgan fingerprint density at radius 3 is 2.00 bits per heavy atom. The normalized spacial score (nSPS) is 18.8. The van der Waals surface area contributed by atoms with Crippen LogP contribution in [0.1, 0.15) is 65.2 Å². The molecule has 2 aliphatic rings. The third kappa shape index (κ3) is 3.97. The average molecular weight is 311 g/mol. The van der Waals surface area contributed by atoms with Crippen LogP contribution in [0.15, 0.2) is 0 Å². The van der Waals surface area contributed by atoms with Gasteiger partial charge in [-0.15, -0.1) is 0 Å². The maximum atomic E-state index is 12.8. The molecule has 2 fully saturated rings. The van der Waals surface area contributed by atoms with Gasteiger partial charge in [0.2, 0.25) is 5.91 Å². The molecule has 2 rings (SSSR count). The first-order valence-electron chi connectivity index (χ1n) is 8.63. The Hall–Kier alpha value is -0.640. The highest BCUT2D eigenvalue weighted by Crippen LogP contribution is 2.49. The number of carbonyl (C=O) groups excluding carboxylic acids is 1. The molecular weight excluding hydrogens is 280 g/mol. The van der Waals surface area contributed by atoms with Crippen molar-refractivity contribution in [2.24, 2.45) is 28.9 Å². The van der Waals surface area contributed by atoms with Gasteiger partial charge in [-0.1, -0.05) is 38.9 Å². The fraction of sp³-hybridized carbons (Fsp3) is 0.882. The molecule has 0 aromatic rings. The van der Waals surface area contributed by atoms with Crippen molar-refractivity contribution < 1.29 is 4.79 Å². The fourth-order valence-electron chi connectivity index (χ4n) is 3.71. The molecule has 1 amide bonds. The number of rotatable bonds is 10. The van der Waals surface area contributed by atoms with Crippen molar-refractivity contribution >= 4 is 23.1 Å². The van der Waals surface area contributed by atoms with Gasteiger partial charge in [-0.25, -0.2) is 0 Å². The first-order valence-corrected chi connectivity index (χ1v) is 9.04. The Bertz CT molecular complexity index is 370. The molecule has 0 unspecified atom stereocenters. The topological polar surface area (TPSA) is 55.1 Å². The zero-order chi connectivity index (χ0) is 15.5. The zero-order valence-electron chi connectivity index (χ0n) is 13.5. The second-order valence-electron chi connectivity index (χ2n) is 7.00. The van der Waals surface area contributed by atoms with Gasteiger partial charge in [-0.3, -0.25) is 4.79 Å². The largest absolute Gasteiger partial charge is 0.392 e. The second kappa shape index (κ2) is 7.08. The summed E-state index contributed by atoms with van der Waals surface area (Å²) in [7, 11) is 0. The Morgan fingerprint density at radius 1 is 1.19 bits per heavy atom. The highest BCUT2D eigenvalue weighted by molar-refractivity contribution is 7.80. The Balaban J connectivity index is 1.97. The summed E-state index contributed by atoms with van der Waals surface area (Å²) in [6, 6.07) is 0. The highest BCUT2D eigenvalue weighted by atomic mass is 32.1. The molecule has 0 atom stereocenters. The number of thiocarbonyl (C=S) groups is 1. The average Bonchev–Trinajstić information content (AvgIpc) is 3.30. The molecule has 2 aliphatic carbocycles.